The molecular formula is C56H76ClN3O12P2S2. The van der Waals surface area contributed by atoms with Crippen molar-refractivity contribution < 1.29 is 53.5 Å². The molecule has 0 radical (unpaired) electrons. The van der Waals surface area contributed by atoms with E-state index in [1.54, 1.807) is 62.4 Å². The van der Waals surface area contributed by atoms with Crippen LogP contribution in [-0.4, -0.2) is 67.8 Å². The molecule has 20 heteroatoms. The molecule has 15 nitrogen and oxygen atoms in total. The number of hydrogen-bond donors (Lipinski definition) is 2. The molecular weight excluding hydrogens is 1070 g/mol. The Morgan fingerprint density at radius 3 is 1.12 bits per heavy atom. The van der Waals surface area contributed by atoms with Crippen LogP contribution in [0.25, 0.3) is 0 Å². The maximum Gasteiger partial charge on any atom is 0.335 e. The molecule has 0 aliphatic rings. The van der Waals surface area contributed by atoms with Gasteiger partial charge in [-0.15, -0.1) is 0 Å². The highest BCUT2D eigenvalue weighted by atomic mass is 35.7. The lowest BCUT2D eigenvalue weighted by Gasteiger charge is -2.17. The molecule has 0 aliphatic carbocycles. The first-order chi connectivity index (χ1) is 36.4. The van der Waals surface area contributed by atoms with Crippen LogP contribution in [0.1, 0.15) is 81.8 Å². The number of nitrogens with one attached hydrogen (secondary N) is 1. The summed E-state index contributed by atoms with van der Waals surface area (Å²) >= 11 is 0. The number of nitrogens with two attached hydrogens (primary N) is 1. The Labute approximate surface area is 456 Å². The highest BCUT2D eigenvalue weighted by molar-refractivity contribution is 8.13. The second-order valence-corrected chi connectivity index (χ2v) is 24.9. The van der Waals surface area contributed by atoms with Gasteiger partial charge >= 0.3 is 15.2 Å². The van der Waals surface area contributed by atoms with Crippen molar-refractivity contribution in [1.82, 2.24) is 9.62 Å². The average molecular weight is 1140 g/mol. The predicted octanol–water partition coefficient (Wildman–Crippen LogP) is 13.0. The number of nitrogens with zero attached hydrogens (tertiary/aromatic N) is 1. The summed E-state index contributed by atoms with van der Waals surface area (Å²) in [5.41, 5.74) is 11.2. The Bertz CT molecular complexity index is 2830. The molecule has 0 aromatic heterocycles. The summed E-state index contributed by atoms with van der Waals surface area (Å²) < 4.78 is 107. The molecule has 6 rings (SSSR count). The molecule has 0 heterocycles. The zero-order valence-electron chi connectivity index (χ0n) is 44.7. The van der Waals surface area contributed by atoms with Gasteiger partial charge in [0.1, 0.15) is 24.7 Å². The van der Waals surface area contributed by atoms with Crippen LogP contribution in [0.3, 0.4) is 0 Å². The van der Waals surface area contributed by atoms with Crippen LogP contribution in [0.5, 0.6) is 11.5 Å². The summed E-state index contributed by atoms with van der Waals surface area (Å²) in [4.78, 5) is 2.60. The number of rotatable bonds is 27. The third kappa shape index (κ3) is 25.2. The lowest BCUT2D eigenvalue weighted by atomic mass is 10.1. The van der Waals surface area contributed by atoms with E-state index >= 15 is 0 Å². The Kier molecular flexibility index (Phi) is 30.1. The lowest BCUT2D eigenvalue weighted by Crippen LogP contribution is -2.23. The normalized spacial score (nSPS) is 11.6. The van der Waals surface area contributed by atoms with Crippen LogP contribution in [0.15, 0.2) is 168 Å². The molecule has 0 saturated carbocycles. The van der Waals surface area contributed by atoms with Gasteiger partial charge in [0.05, 0.1) is 48.5 Å². The van der Waals surface area contributed by atoms with Gasteiger partial charge in [-0.1, -0.05) is 130 Å². The van der Waals surface area contributed by atoms with Crippen LogP contribution in [0.4, 0.5) is 0 Å². The van der Waals surface area contributed by atoms with Crippen molar-refractivity contribution in [3.8, 4) is 11.5 Å². The zero-order chi connectivity index (χ0) is 55.9. The van der Waals surface area contributed by atoms with Crippen molar-refractivity contribution in [3.63, 3.8) is 0 Å². The number of hydrogen-bond acceptors (Lipinski definition) is 14. The first-order valence-corrected chi connectivity index (χ1v) is 32.4. The molecule has 6 aromatic rings. The fourth-order valence-corrected chi connectivity index (χ4v) is 12.1. The quantitative estimate of drug-likeness (QED) is 0.0365. The van der Waals surface area contributed by atoms with Crippen LogP contribution < -0.4 is 19.9 Å². The van der Waals surface area contributed by atoms with E-state index in [9.17, 15) is 26.0 Å². The summed E-state index contributed by atoms with van der Waals surface area (Å²) in [6.07, 6.45) is 0.471. The molecule has 0 unspecified atom stereocenters. The minimum absolute atomic E-state index is 0.0660. The fraction of sp³-hybridized carbons (Fsp3) is 0.357. The van der Waals surface area contributed by atoms with Crippen molar-refractivity contribution in [1.29, 1.82) is 0 Å². The van der Waals surface area contributed by atoms with E-state index in [2.05, 4.69) is 30.4 Å². The smallest absolute Gasteiger partial charge is 0.335 e. The van der Waals surface area contributed by atoms with Gasteiger partial charge in [-0.25, -0.2) is 21.6 Å². The highest BCUT2D eigenvalue weighted by Gasteiger charge is 2.25. The predicted molar refractivity (Wildman–Crippen MR) is 305 cm³/mol. The van der Waals surface area contributed by atoms with Gasteiger partial charge in [-0.2, -0.15) is 0 Å². The lowest BCUT2D eigenvalue weighted by molar-refractivity contribution is 0.218. The molecule has 0 atom stereocenters. The monoisotopic (exact) mass is 1140 g/mol. The van der Waals surface area contributed by atoms with E-state index in [1.807, 2.05) is 98.8 Å². The first-order valence-electron chi connectivity index (χ1n) is 25.2. The Hall–Kier alpha value is -4.71. The first kappa shape index (κ1) is 65.6. The topological polar surface area (TPSA) is 199 Å². The molecule has 3 N–H and O–H groups in total. The highest BCUT2D eigenvalue weighted by Crippen LogP contribution is 2.52. The van der Waals surface area contributed by atoms with Crippen LogP contribution >= 0.6 is 25.9 Å². The summed E-state index contributed by atoms with van der Waals surface area (Å²) in [6, 6.07) is 46.6. The van der Waals surface area contributed by atoms with E-state index < -0.39 is 34.3 Å². The van der Waals surface area contributed by atoms with Crippen molar-refractivity contribution >= 4 is 44.9 Å². The summed E-state index contributed by atoms with van der Waals surface area (Å²) in [6.45, 7) is 20.1. The van der Waals surface area contributed by atoms with Crippen molar-refractivity contribution in [2.45, 2.75) is 96.9 Å². The second-order valence-electron chi connectivity index (χ2n) is 16.4. The van der Waals surface area contributed by atoms with Crippen LogP contribution in [-0.2, 0) is 84.9 Å². The largest absolute Gasteiger partial charge is 0.489 e. The minimum atomic E-state index is -3.69. The average Bonchev–Trinajstić information content (AvgIpc) is 3.41. The van der Waals surface area contributed by atoms with Crippen molar-refractivity contribution in [2.75, 3.05) is 46.1 Å². The van der Waals surface area contributed by atoms with Gasteiger partial charge in [0.2, 0.25) is 10.0 Å². The van der Waals surface area contributed by atoms with Gasteiger partial charge in [-0.05, 0) is 129 Å². The minimum Gasteiger partial charge on any atom is -0.489 e. The molecule has 416 valence electrons. The molecule has 76 heavy (non-hydrogen) atoms. The Morgan fingerprint density at radius 2 is 0.803 bits per heavy atom. The standard InChI is InChI=1S/C25H30NO6PS.C13H11ClO3S.C12H20NO3P.C6H15N/c1-3-31-33(27,32-4-2)20-23-12-10-21(11-13-23)18-26-34(28,29)25-16-14-24(15-17-25)30-19-22-8-6-5-7-9-22;14-18(15,16)13-8-6-12(7-9-13)17-10-11-4-2-1-3-5-11;1-3-15-17(14,16-4-2)10-12-7-5-11(9-13)6-8-12;1-4-7(5-2)6-3/h5-17,26H,3-4,18-20H2,1-2H3;1-9H,10H2;5-8H,3-4,9-10,13H2,1-2H3;4-6H2,1-3H3. The molecule has 0 bridgehead atoms. The van der Waals surface area contributed by atoms with Gasteiger partial charge < -0.3 is 38.2 Å². The third-order valence-electron chi connectivity index (χ3n) is 10.9. The maximum absolute atomic E-state index is 12.7. The van der Waals surface area contributed by atoms with Gasteiger partial charge in [0, 0.05) is 23.8 Å². The molecule has 0 fully saturated rings. The van der Waals surface area contributed by atoms with E-state index in [4.69, 9.17) is 44.0 Å². The van der Waals surface area contributed by atoms with E-state index in [0.717, 1.165) is 33.4 Å². The Balaban J connectivity index is 0.000000304. The molecule has 0 amide bonds. The molecule has 0 saturated heterocycles. The van der Waals surface area contributed by atoms with Crippen LogP contribution in [0.2, 0.25) is 0 Å². The number of ether oxygens (including phenoxy) is 2. The number of benzene rings is 6. The van der Waals surface area contributed by atoms with E-state index in [1.165, 1.54) is 43.9 Å². The van der Waals surface area contributed by atoms with E-state index in [0.29, 0.717) is 63.8 Å². The molecule has 0 aliphatic heterocycles. The Morgan fingerprint density at radius 1 is 0.461 bits per heavy atom. The van der Waals surface area contributed by atoms with Gasteiger partial charge in [0.15, 0.2) is 0 Å². The van der Waals surface area contributed by atoms with Crippen molar-refractivity contribution in [2.24, 2.45) is 5.73 Å². The second kappa shape index (κ2) is 34.9. The third-order valence-corrected chi connectivity index (χ3v) is 17.8. The number of halogens is 1. The SMILES string of the molecule is CCN(CC)CC.CCOP(=O)(Cc1ccc(CN)cc1)OCC.CCOP(=O)(Cc1ccc(CNS(=O)(=O)c2ccc(OCc3ccccc3)cc2)cc1)OCC.O=S(=O)(Cl)c1ccc(OCc2ccccc2)cc1. The molecule has 6 aromatic carbocycles. The maximum atomic E-state index is 12.7. The summed E-state index contributed by atoms with van der Waals surface area (Å²) in [7, 11) is -8.32. The zero-order valence-corrected chi connectivity index (χ0v) is 48.9. The van der Waals surface area contributed by atoms with E-state index in [-0.39, 0.29) is 22.5 Å². The van der Waals surface area contributed by atoms with Crippen LogP contribution in [0, 0.1) is 0 Å². The van der Waals surface area contributed by atoms with Gasteiger partial charge in [0.25, 0.3) is 9.05 Å². The fourth-order valence-electron chi connectivity index (χ4n) is 6.86. The van der Waals surface area contributed by atoms with Gasteiger partial charge in [-0.3, -0.25) is 9.13 Å². The van der Waals surface area contributed by atoms with Crippen molar-refractivity contribution in [3.05, 3.63) is 191 Å². The summed E-state index contributed by atoms with van der Waals surface area (Å²) in [5.74, 6) is 1.19. The molecule has 0 spiro atoms. The number of sulfonamides is 1. The summed E-state index contributed by atoms with van der Waals surface area (Å²) in [5, 5.41) is 0.